The van der Waals surface area contributed by atoms with Crippen LogP contribution in [0.1, 0.15) is 19.0 Å². The van der Waals surface area contributed by atoms with Gasteiger partial charge in [-0.2, -0.15) is 0 Å². The lowest BCUT2D eigenvalue weighted by molar-refractivity contribution is 0.0381. The van der Waals surface area contributed by atoms with Crippen LogP contribution >= 0.6 is 0 Å². The molecule has 0 radical (unpaired) electrons. The lowest BCUT2D eigenvalue weighted by atomic mass is 10.2. The third-order valence-corrected chi connectivity index (χ3v) is 3.85. The number of fused-ring (bicyclic) bond motifs is 1. The molecule has 5 heteroatoms. The number of anilines is 1. The first-order chi connectivity index (χ1) is 9.83. The molecule has 20 heavy (non-hydrogen) atoms. The quantitative estimate of drug-likeness (QED) is 0.921. The lowest BCUT2D eigenvalue weighted by Crippen LogP contribution is -2.43. The zero-order valence-corrected chi connectivity index (χ0v) is 12.2. The molecule has 0 bridgehead atoms. The summed E-state index contributed by atoms with van der Waals surface area (Å²) in [4.78, 5) is 7.18. The van der Waals surface area contributed by atoms with Crippen LogP contribution in [0, 0.1) is 0 Å². The van der Waals surface area contributed by atoms with E-state index in [0.717, 1.165) is 44.1 Å². The molecule has 0 aliphatic carbocycles. The van der Waals surface area contributed by atoms with Gasteiger partial charge in [0.15, 0.2) is 5.82 Å². The van der Waals surface area contributed by atoms with Crippen LogP contribution in [0.4, 0.5) is 5.82 Å². The number of hydrogen-bond acceptors (Lipinski definition) is 4. The van der Waals surface area contributed by atoms with E-state index in [1.165, 1.54) is 5.69 Å². The molecular formula is C15H22N4O. The average molecular weight is 274 g/mol. The highest BCUT2D eigenvalue weighted by Crippen LogP contribution is 2.24. The molecule has 1 saturated heterocycles. The number of hydrogen-bond donors (Lipinski definition) is 1. The second kappa shape index (κ2) is 5.81. The summed E-state index contributed by atoms with van der Waals surface area (Å²) in [6, 6.07) is 6.13. The van der Waals surface area contributed by atoms with Crippen LogP contribution in [0.5, 0.6) is 0 Å². The van der Waals surface area contributed by atoms with Crippen LogP contribution < -0.4 is 10.2 Å². The summed E-state index contributed by atoms with van der Waals surface area (Å²) in [6.07, 6.45) is 3.44. The minimum Gasteiger partial charge on any atom is -0.375 e. The maximum atomic E-state index is 5.76. The van der Waals surface area contributed by atoms with Crippen molar-refractivity contribution in [1.29, 1.82) is 0 Å². The first kappa shape index (κ1) is 13.4. The van der Waals surface area contributed by atoms with E-state index < -0.39 is 0 Å². The molecule has 1 unspecified atom stereocenters. The van der Waals surface area contributed by atoms with Gasteiger partial charge in [0.25, 0.3) is 0 Å². The van der Waals surface area contributed by atoms with Gasteiger partial charge in [-0.1, -0.05) is 13.0 Å². The Morgan fingerprint density at radius 3 is 3.15 bits per heavy atom. The summed E-state index contributed by atoms with van der Waals surface area (Å²) in [7, 11) is 1.97. The topological polar surface area (TPSA) is 41.8 Å². The smallest absolute Gasteiger partial charge is 0.152 e. The van der Waals surface area contributed by atoms with E-state index in [2.05, 4.69) is 33.8 Å². The van der Waals surface area contributed by atoms with E-state index in [1.807, 2.05) is 19.2 Å². The molecule has 1 atom stereocenters. The van der Waals surface area contributed by atoms with Gasteiger partial charge >= 0.3 is 0 Å². The molecule has 108 valence electrons. The third kappa shape index (κ3) is 2.39. The molecule has 0 saturated carbocycles. The van der Waals surface area contributed by atoms with E-state index in [0.29, 0.717) is 6.10 Å². The number of nitrogens with zero attached hydrogens (tertiary/aromatic N) is 3. The van der Waals surface area contributed by atoms with E-state index in [4.69, 9.17) is 9.72 Å². The Kier molecular flexibility index (Phi) is 3.89. The van der Waals surface area contributed by atoms with Gasteiger partial charge in [0.2, 0.25) is 0 Å². The van der Waals surface area contributed by atoms with Crippen molar-refractivity contribution in [2.75, 3.05) is 31.6 Å². The standard InChI is InChI=1S/C15H22N4O/c1-3-12-11-18(8-9-20-12)15-13(10-16-2)19-7-5-4-6-14(19)17-15/h4-7,12,16H,3,8-11H2,1-2H3. The van der Waals surface area contributed by atoms with E-state index in [1.54, 1.807) is 0 Å². The van der Waals surface area contributed by atoms with Gasteiger partial charge in [-0.3, -0.25) is 0 Å². The van der Waals surface area contributed by atoms with Crippen molar-refractivity contribution in [3.05, 3.63) is 30.1 Å². The van der Waals surface area contributed by atoms with E-state index >= 15 is 0 Å². The highest BCUT2D eigenvalue weighted by Gasteiger charge is 2.24. The van der Waals surface area contributed by atoms with E-state index in [-0.39, 0.29) is 0 Å². The van der Waals surface area contributed by atoms with Crippen molar-refractivity contribution in [1.82, 2.24) is 14.7 Å². The predicted molar refractivity (Wildman–Crippen MR) is 80.2 cm³/mol. The normalized spacial score (nSPS) is 19.7. The minimum atomic E-state index is 0.316. The van der Waals surface area contributed by atoms with Gasteiger partial charge < -0.3 is 19.4 Å². The number of rotatable bonds is 4. The maximum Gasteiger partial charge on any atom is 0.152 e. The van der Waals surface area contributed by atoms with Crippen molar-refractivity contribution in [2.45, 2.75) is 26.0 Å². The number of nitrogens with one attached hydrogen (secondary N) is 1. The highest BCUT2D eigenvalue weighted by atomic mass is 16.5. The number of morpholine rings is 1. The lowest BCUT2D eigenvalue weighted by Gasteiger charge is -2.33. The summed E-state index contributed by atoms with van der Waals surface area (Å²) in [5, 5.41) is 3.25. The highest BCUT2D eigenvalue weighted by molar-refractivity contribution is 5.56. The number of ether oxygens (including phenoxy) is 1. The molecule has 1 fully saturated rings. The Morgan fingerprint density at radius 1 is 1.45 bits per heavy atom. The monoisotopic (exact) mass is 274 g/mol. The Balaban J connectivity index is 1.99. The molecule has 3 heterocycles. The molecule has 0 aromatic carbocycles. The number of aromatic nitrogens is 2. The molecule has 1 aliphatic rings. The fourth-order valence-corrected chi connectivity index (χ4v) is 2.78. The molecule has 2 aromatic heterocycles. The largest absolute Gasteiger partial charge is 0.375 e. The van der Waals surface area contributed by atoms with Crippen molar-refractivity contribution < 1.29 is 4.74 Å². The third-order valence-electron chi connectivity index (χ3n) is 3.85. The molecule has 3 rings (SSSR count). The maximum absolute atomic E-state index is 5.76. The molecule has 0 spiro atoms. The van der Waals surface area contributed by atoms with Gasteiger partial charge in [0.1, 0.15) is 5.65 Å². The van der Waals surface area contributed by atoms with Crippen molar-refractivity contribution >= 4 is 11.5 Å². The Bertz CT molecular complexity index is 580. The van der Waals surface area contributed by atoms with Crippen LogP contribution in [0.25, 0.3) is 5.65 Å². The molecule has 1 aliphatic heterocycles. The second-order valence-corrected chi connectivity index (χ2v) is 5.19. The van der Waals surface area contributed by atoms with Crippen molar-refractivity contribution in [3.8, 4) is 0 Å². The van der Waals surface area contributed by atoms with Crippen LogP contribution in [0.15, 0.2) is 24.4 Å². The van der Waals surface area contributed by atoms with Crippen LogP contribution in [-0.4, -0.2) is 42.2 Å². The Morgan fingerprint density at radius 2 is 2.35 bits per heavy atom. The van der Waals surface area contributed by atoms with E-state index in [9.17, 15) is 0 Å². The SMILES string of the molecule is CCC1CN(c2nc3ccccn3c2CNC)CCO1. The Labute approximate surface area is 119 Å². The van der Waals surface area contributed by atoms with Gasteiger partial charge in [-0.05, 0) is 25.6 Å². The fraction of sp³-hybridized carbons (Fsp3) is 0.533. The molecule has 5 nitrogen and oxygen atoms in total. The van der Waals surface area contributed by atoms with Crippen molar-refractivity contribution in [2.24, 2.45) is 0 Å². The summed E-state index contributed by atoms with van der Waals surface area (Å²) < 4.78 is 7.93. The van der Waals surface area contributed by atoms with Crippen LogP contribution in [-0.2, 0) is 11.3 Å². The molecule has 0 amide bonds. The zero-order valence-electron chi connectivity index (χ0n) is 12.2. The van der Waals surface area contributed by atoms with Gasteiger partial charge in [-0.15, -0.1) is 0 Å². The number of pyridine rings is 1. The summed E-state index contributed by atoms with van der Waals surface area (Å²) >= 11 is 0. The summed E-state index contributed by atoms with van der Waals surface area (Å²) in [5.41, 5.74) is 2.23. The average Bonchev–Trinajstić information content (AvgIpc) is 2.87. The van der Waals surface area contributed by atoms with Crippen molar-refractivity contribution in [3.63, 3.8) is 0 Å². The molecular weight excluding hydrogens is 252 g/mol. The predicted octanol–water partition coefficient (Wildman–Crippen LogP) is 1.67. The molecule has 2 aromatic rings. The Hall–Kier alpha value is -1.59. The van der Waals surface area contributed by atoms with Gasteiger partial charge in [0.05, 0.1) is 18.4 Å². The van der Waals surface area contributed by atoms with Gasteiger partial charge in [0, 0.05) is 25.8 Å². The van der Waals surface area contributed by atoms with Crippen LogP contribution in [0.2, 0.25) is 0 Å². The fourth-order valence-electron chi connectivity index (χ4n) is 2.78. The first-order valence-electron chi connectivity index (χ1n) is 7.30. The van der Waals surface area contributed by atoms with Crippen LogP contribution in [0.3, 0.4) is 0 Å². The molecule has 1 N–H and O–H groups in total. The van der Waals surface area contributed by atoms with Gasteiger partial charge in [-0.25, -0.2) is 4.98 Å². The first-order valence-corrected chi connectivity index (χ1v) is 7.30. The zero-order chi connectivity index (χ0) is 13.9. The number of imidazole rings is 1. The summed E-state index contributed by atoms with van der Waals surface area (Å²) in [5.74, 6) is 1.09. The summed E-state index contributed by atoms with van der Waals surface area (Å²) in [6.45, 7) is 5.61. The minimum absolute atomic E-state index is 0.316. The second-order valence-electron chi connectivity index (χ2n) is 5.19.